The fourth-order valence-corrected chi connectivity index (χ4v) is 6.06. The third kappa shape index (κ3) is 4.48. The van der Waals surface area contributed by atoms with E-state index in [0.29, 0.717) is 19.0 Å². The molecular formula is C28H27N3O4S. The molecule has 36 heavy (non-hydrogen) atoms. The third-order valence-corrected chi connectivity index (χ3v) is 7.76. The van der Waals surface area contributed by atoms with Crippen molar-refractivity contribution in [2.75, 3.05) is 18.7 Å². The molecule has 2 aromatic heterocycles. The molecule has 6 rings (SSSR count). The Morgan fingerprint density at radius 2 is 1.83 bits per heavy atom. The summed E-state index contributed by atoms with van der Waals surface area (Å²) < 4.78 is 16.1. The highest BCUT2D eigenvalue weighted by Crippen LogP contribution is 2.40. The number of benzene rings is 2. The van der Waals surface area contributed by atoms with Gasteiger partial charge in [-0.3, -0.25) is 4.79 Å². The van der Waals surface area contributed by atoms with Crippen LogP contribution in [0.1, 0.15) is 41.3 Å². The maximum atomic E-state index is 11.8. The van der Waals surface area contributed by atoms with Crippen LogP contribution in [0, 0.1) is 0 Å². The van der Waals surface area contributed by atoms with Gasteiger partial charge in [0.15, 0.2) is 17.3 Å². The van der Waals surface area contributed by atoms with Crippen molar-refractivity contribution in [3.8, 4) is 22.9 Å². The molecule has 2 aromatic carbocycles. The number of carbonyl (C=O) groups excluding carboxylic acids is 1. The summed E-state index contributed by atoms with van der Waals surface area (Å²) in [5.41, 5.74) is 4.32. The molecule has 2 aliphatic rings. The van der Waals surface area contributed by atoms with Crippen LogP contribution in [0.4, 0.5) is 5.82 Å². The Labute approximate surface area is 213 Å². The smallest absolute Gasteiger partial charge is 0.310 e. The Bertz CT molecular complexity index is 1430. The number of nitrogens with zero attached hydrogens (tertiary/aromatic N) is 2. The molecule has 0 radical (unpaired) electrons. The van der Waals surface area contributed by atoms with E-state index in [1.807, 2.05) is 49.4 Å². The Kier molecular flexibility index (Phi) is 6.19. The van der Waals surface area contributed by atoms with Gasteiger partial charge < -0.3 is 19.5 Å². The second kappa shape index (κ2) is 9.78. The highest BCUT2D eigenvalue weighted by atomic mass is 32.1. The number of carbonyl (C=O) groups is 1. The van der Waals surface area contributed by atoms with Gasteiger partial charge in [0, 0.05) is 17.0 Å². The molecule has 4 aromatic rings. The lowest BCUT2D eigenvalue weighted by atomic mass is 9.97. The van der Waals surface area contributed by atoms with Crippen LogP contribution in [0.2, 0.25) is 0 Å². The number of aromatic nitrogens is 2. The van der Waals surface area contributed by atoms with Crippen LogP contribution in [-0.4, -0.2) is 29.3 Å². The normalized spacial score (nSPS) is 14.0. The monoisotopic (exact) mass is 501 g/mol. The summed E-state index contributed by atoms with van der Waals surface area (Å²) in [6.07, 6.45) is 4.86. The van der Waals surface area contributed by atoms with Gasteiger partial charge in [-0.2, -0.15) is 0 Å². The number of esters is 1. The summed E-state index contributed by atoms with van der Waals surface area (Å²) in [5.74, 6) is 2.88. The summed E-state index contributed by atoms with van der Waals surface area (Å²) in [5, 5.41) is 4.74. The molecule has 184 valence electrons. The van der Waals surface area contributed by atoms with Gasteiger partial charge in [0.1, 0.15) is 10.6 Å². The molecule has 3 heterocycles. The highest BCUT2D eigenvalue weighted by Gasteiger charge is 2.22. The van der Waals surface area contributed by atoms with Gasteiger partial charge in [0.2, 0.25) is 6.79 Å². The van der Waals surface area contributed by atoms with E-state index in [-0.39, 0.29) is 19.2 Å². The number of thiophene rings is 1. The minimum absolute atomic E-state index is 0.220. The number of rotatable bonds is 7. The highest BCUT2D eigenvalue weighted by molar-refractivity contribution is 7.19. The quantitative estimate of drug-likeness (QED) is 0.326. The molecule has 0 saturated heterocycles. The maximum Gasteiger partial charge on any atom is 0.310 e. The van der Waals surface area contributed by atoms with Crippen molar-refractivity contribution in [2.45, 2.75) is 45.6 Å². The second-order valence-electron chi connectivity index (χ2n) is 9.01. The Balaban J connectivity index is 1.33. The Hall–Kier alpha value is -3.65. The summed E-state index contributed by atoms with van der Waals surface area (Å²) >= 11 is 1.79. The minimum atomic E-state index is -0.220. The van der Waals surface area contributed by atoms with Gasteiger partial charge in [0.05, 0.1) is 18.4 Å². The molecule has 0 bridgehead atoms. The number of hydrogen-bond donors (Lipinski definition) is 1. The van der Waals surface area contributed by atoms with Crippen LogP contribution < -0.4 is 14.8 Å². The first-order valence-corrected chi connectivity index (χ1v) is 13.2. The maximum absolute atomic E-state index is 11.8. The van der Waals surface area contributed by atoms with Crippen LogP contribution in [0.25, 0.3) is 21.6 Å². The van der Waals surface area contributed by atoms with E-state index in [4.69, 9.17) is 24.2 Å². The van der Waals surface area contributed by atoms with E-state index in [1.54, 1.807) is 11.3 Å². The van der Waals surface area contributed by atoms with Crippen molar-refractivity contribution < 1.29 is 19.0 Å². The van der Waals surface area contributed by atoms with E-state index in [2.05, 4.69) is 5.32 Å². The average Bonchev–Trinajstić information content (AvgIpc) is 3.52. The summed E-state index contributed by atoms with van der Waals surface area (Å²) in [6.45, 7) is 3.08. The van der Waals surface area contributed by atoms with Crippen LogP contribution in [0.15, 0.2) is 42.5 Å². The molecule has 0 fully saturated rings. The summed E-state index contributed by atoms with van der Waals surface area (Å²) in [4.78, 5) is 24.3. The fourth-order valence-electron chi connectivity index (χ4n) is 4.80. The number of anilines is 1. The first-order chi connectivity index (χ1) is 17.7. The van der Waals surface area contributed by atoms with Crippen molar-refractivity contribution in [2.24, 2.45) is 0 Å². The zero-order valence-electron chi connectivity index (χ0n) is 20.1. The minimum Gasteiger partial charge on any atom is -0.466 e. The van der Waals surface area contributed by atoms with E-state index < -0.39 is 0 Å². The largest absolute Gasteiger partial charge is 0.466 e. The van der Waals surface area contributed by atoms with Crippen molar-refractivity contribution >= 4 is 33.3 Å². The lowest BCUT2D eigenvalue weighted by molar-refractivity contribution is -0.142. The Morgan fingerprint density at radius 1 is 1.03 bits per heavy atom. The predicted octanol–water partition coefficient (Wildman–Crippen LogP) is 5.68. The van der Waals surface area contributed by atoms with E-state index in [1.165, 1.54) is 23.3 Å². The van der Waals surface area contributed by atoms with Crippen LogP contribution in [0.5, 0.6) is 11.5 Å². The molecule has 0 saturated carbocycles. The van der Waals surface area contributed by atoms with Gasteiger partial charge in [-0.15, -0.1) is 11.3 Å². The third-order valence-electron chi connectivity index (χ3n) is 6.58. The Morgan fingerprint density at radius 3 is 2.69 bits per heavy atom. The van der Waals surface area contributed by atoms with Gasteiger partial charge in [-0.05, 0) is 61.4 Å². The molecule has 8 heteroatoms. The average molecular weight is 502 g/mol. The van der Waals surface area contributed by atoms with Crippen LogP contribution >= 0.6 is 11.3 Å². The molecule has 7 nitrogen and oxygen atoms in total. The molecule has 0 spiro atoms. The van der Waals surface area contributed by atoms with Crippen molar-refractivity contribution in [1.82, 2.24) is 9.97 Å². The zero-order valence-corrected chi connectivity index (χ0v) is 21.0. The van der Waals surface area contributed by atoms with E-state index >= 15 is 0 Å². The lowest BCUT2D eigenvalue weighted by Gasteiger charge is -2.14. The second-order valence-corrected chi connectivity index (χ2v) is 10.1. The zero-order chi connectivity index (χ0) is 24.5. The van der Waals surface area contributed by atoms with E-state index in [9.17, 15) is 4.79 Å². The molecule has 1 N–H and O–H groups in total. The van der Waals surface area contributed by atoms with Crippen molar-refractivity contribution in [1.29, 1.82) is 0 Å². The summed E-state index contributed by atoms with van der Waals surface area (Å²) in [7, 11) is 0. The molecule has 1 aliphatic carbocycles. The molecule has 0 atom stereocenters. The summed E-state index contributed by atoms with van der Waals surface area (Å²) in [6, 6.07) is 13.9. The van der Waals surface area contributed by atoms with Gasteiger partial charge in [-0.25, -0.2) is 9.97 Å². The number of aryl methyl sites for hydroxylation is 2. The molecule has 0 amide bonds. The van der Waals surface area contributed by atoms with E-state index in [0.717, 1.165) is 57.1 Å². The predicted molar refractivity (Wildman–Crippen MR) is 140 cm³/mol. The molecule has 1 aliphatic heterocycles. The molecule has 0 unspecified atom stereocenters. The standard InChI is InChI=1S/C28H27N3O4S/c1-2-33-24(32)14-17-7-10-19(11-8-17)26-30-27(25-20-5-3-4-6-23(20)36-28(25)31-26)29-15-18-9-12-21-22(13-18)35-16-34-21/h7-13H,2-6,14-16H2,1H3,(H,29,30,31). The van der Waals surface area contributed by atoms with Gasteiger partial charge >= 0.3 is 5.97 Å². The number of hydrogen-bond acceptors (Lipinski definition) is 8. The van der Waals surface area contributed by atoms with Crippen molar-refractivity contribution in [3.05, 3.63) is 64.0 Å². The fraction of sp³-hybridized carbons (Fsp3) is 0.321. The van der Waals surface area contributed by atoms with Crippen LogP contribution in [0.3, 0.4) is 0 Å². The van der Waals surface area contributed by atoms with Gasteiger partial charge in [0.25, 0.3) is 0 Å². The number of fused-ring (bicyclic) bond motifs is 4. The first kappa shape index (κ1) is 22.8. The SMILES string of the molecule is CCOC(=O)Cc1ccc(-c2nc(NCc3ccc4c(c3)OCO4)c3c4c(sc3n2)CCCC4)cc1. The van der Waals surface area contributed by atoms with Crippen molar-refractivity contribution in [3.63, 3.8) is 0 Å². The molecular weight excluding hydrogens is 474 g/mol. The number of nitrogens with one attached hydrogen (secondary N) is 1. The lowest BCUT2D eigenvalue weighted by Crippen LogP contribution is -2.07. The number of ether oxygens (including phenoxy) is 3. The first-order valence-electron chi connectivity index (χ1n) is 12.4. The van der Waals surface area contributed by atoms with Crippen LogP contribution in [-0.2, 0) is 35.3 Å². The van der Waals surface area contributed by atoms with Gasteiger partial charge in [-0.1, -0.05) is 30.3 Å². The topological polar surface area (TPSA) is 82.6 Å².